The molecule has 1 aromatic carbocycles. The van der Waals surface area contributed by atoms with Crippen LogP contribution in [-0.2, 0) is 9.53 Å². The summed E-state index contributed by atoms with van der Waals surface area (Å²) in [7, 11) is 0. The van der Waals surface area contributed by atoms with Gasteiger partial charge in [-0.3, -0.25) is 0 Å². The third kappa shape index (κ3) is 4.03. The van der Waals surface area contributed by atoms with Crippen molar-refractivity contribution in [1.29, 1.82) is 0 Å². The molecule has 0 spiro atoms. The van der Waals surface area contributed by atoms with Gasteiger partial charge in [-0.05, 0) is 45.4 Å². The Labute approximate surface area is 135 Å². The molecule has 0 bridgehead atoms. The number of nitrogens with one attached hydrogen (secondary N) is 2. The smallest absolute Gasteiger partial charge is 0.338 e. The number of carbonyl (C=O) groups excluding carboxylic acids is 2. The molecule has 6 heteroatoms. The van der Waals surface area contributed by atoms with E-state index in [0.29, 0.717) is 17.9 Å². The number of amides is 2. The van der Waals surface area contributed by atoms with Crippen molar-refractivity contribution in [3.05, 3.63) is 41.1 Å². The number of hydrogen-bond acceptors (Lipinski definition) is 4. The summed E-state index contributed by atoms with van der Waals surface area (Å²) in [5.41, 5.74) is 1.69. The summed E-state index contributed by atoms with van der Waals surface area (Å²) in [4.78, 5) is 24.2. The second kappa shape index (κ2) is 7.17. The maximum absolute atomic E-state index is 12.4. The molecule has 1 aliphatic heterocycles. The third-order valence-corrected chi connectivity index (χ3v) is 3.36. The van der Waals surface area contributed by atoms with Crippen molar-refractivity contribution >= 4 is 12.0 Å². The maximum Gasteiger partial charge on any atom is 0.338 e. The van der Waals surface area contributed by atoms with Gasteiger partial charge >= 0.3 is 12.0 Å². The summed E-state index contributed by atoms with van der Waals surface area (Å²) in [6.07, 6.45) is -0.235. The second-order valence-corrected chi connectivity index (χ2v) is 5.53. The standard InChI is InChI=1S/C17H22N2O4/c1-5-22-13-8-6-12(7-9-13)15-14(16(20)23-10(2)3)11(4)18-17(21)19-15/h6-10,15H,5H2,1-4H3,(H2,18,19,21)/t15-/m0/s1. The minimum Gasteiger partial charge on any atom is -0.494 e. The first kappa shape index (κ1) is 16.9. The summed E-state index contributed by atoms with van der Waals surface area (Å²) in [5, 5.41) is 5.39. The highest BCUT2D eigenvalue weighted by atomic mass is 16.5. The molecule has 0 unspecified atom stereocenters. The van der Waals surface area contributed by atoms with Gasteiger partial charge in [-0.25, -0.2) is 9.59 Å². The molecule has 1 aliphatic rings. The second-order valence-electron chi connectivity index (χ2n) is 5.53. The van der Waals surface area contributed by atoms with Crippen LogP contribution in [0.1, 0.15) is 39.3 Å². The minimum absolute atomic E-state index is 0.235. The first-order chi connectivity index (χ1) is 10.9. The fourth-order valence-electron chi connectivity index (χ4n) is 2.42. The molecule has 1 atom stereocenters. The first-order valence-electron chi connectivity index (χ1n) is 7.64. The Morgan fingerprint density at radius 2 is 1.91 bits per heavy atom. The average molecular weight is 318 g/mol. The van der Waals surface area contributed by atoms with Crippen molar-refractivity contribution in [3.8, 4) is 5.75 Å². The predicted octanol–water partition coefficient (Wildman–Crippen LogP) is 2.66. The lowest BCUT2D eigenvalue weighted by atomic mass is 9.95. The zero-order valence-electron chi connectivity index (χ0n) is 13.8. The Bertz CT molecular complexity index is 620. The van der Waals surface area contributed by atoms with Gasteiger partial charge in [0.2, 0.25) is 0 Å². The van der Waals surface area contributed by atoms with Gasteiger partial charge in [0.1, 0.15) is 5.75 Å². The number of allylic oxidation sites excluding steroid dienone is 1. The van der Waals surface area contributed by atoms with E-state index in [4.69, 9.17) is 9.47 Å². The van der Waals surface area contributed by atoms with Crippen LogP contribution in [0.2, 0.25) is 0 Å². The van der Waals surface area contributed by atoms with E-state index in [1.165, 1.54) is 0 Å². The van der Waals surface area contributed by atoms with Crippen LogP contribution < -0.4 is 15.4 Å². The number of urea groups is 1. The van der Waals surface area contributed by atoms with E-state index in [-0.39, 0.29) is 12.1 Å². The first-order valence-corrected chi connectivity index (χ1v) is 7.64. The fourth-order valence-corrected chi connectivity index (χ4v) is 2.42. The summed E-state index contributed by atoms with van der Waals surface area (Å²) < 4.78 is 10.7. The lowest BCUT2D eigenvalue weighted by Crippen LogP contribution is -2.45. The Morgan fingerprint density at radius 3 is 2.48 bits per heavy atom. The number of ether oxygens (including phenoxy) is 2. The molecule has 0 fully saturated rings. The van der Waals surface area contributed by atoms with E-state index in [2.05, 4.69) is 10.6 Å². The molecule has 124 valence electrons. The molecule has 23 heavy (non-hydrogen) atoms. The van der Waals surface area contributed by atoms with Crippen LogP contribution in [0.15, 0.2) is 35.5 Å². The van der Waals surface area contributed by atoms with Crippen LogP contribution in [-0.4, -0.2) is 24.7 Å². The molecule has 0 aliphatic carbocycles. The highest BCUT2D eigenvalue weighted by Crippen LogP contribution is 2.29. The molecule has 6 nitrogen and oxygen atoms in total. The average Bonchev–Trinajstić information content (AvgIpc) is 2.46. The molecular formula is C17H22N2O4. The highest BCUT2D eigenvalue weighted by Gasteiger charge is 2.32. The Balaban J connectivity index is 2.34. The van der Waals surface area contributed by atoms with Gasteiger partial charge in [-0.2, -0.15) is 0 Å². The van der Waals surface area contributed by atoms with Crippen LogP contribution in [0, 0.1) is 0 Å². The largest absolute Gasteiger partial charge is 0.494 e. The van der Waals surface area contributed by atoms with Crippen molar-refractivity contribution in [2.75, 3.05) is 6.61 Å². The van der Waals surface area contributed by atoms with Gasteiger partial charge < -0.3 is 20.1 Å². The Morgan fingerprint density at radius 1 is 1.26 bits per heavy atom. The van der Waals surface area contributed by atoms with E-state index < -0.39 is 12.0 Å². The molecule has 0 aromatic heterocycles. The predicted molar refractivity (Wildman–Crippen MR) is 85.9 cm³/mol. The zero-order chi connectivity index (χ0) is 17.0. The van der Waals surface area contributed by atoms with Gasteiger partial charge in [0.15, 0.2) is 0 Å². The summed E-state index contributed by atoms with van der Waals surface area (Å²) >= 11 is 0. The summed E-state index contributed by atoms with van der Waals surface area (Å²) in [6.45, 7) is 7.75. The number of hydrogen-bond donors (Lipinski definition) is 2. The summed E-state index contributed by atoms with van der Waals surface area (Å²) in [6, 6.07) is 6.39. The monoisotopic (exact) mass is 318 g/mol. The van der Waals surface area contributed by atoms with Crippen molar-refractivity contribution in [3.63, 3.8) is 0 Å². The Hall–Kier alpha value is -2.50. The van der Waals surface area contributed by atoms with Crippen LogP contribution >= 0.6 is 0 Å². The number of rotatable bonds is 5. The zero-order valence-corrected chi connectivity index (χ0v) is 13.8. The van der Waals surface area contributed by atoms with Crippen LogP contribution in [0.5, 0.6) is 5.75 Å². The van der Waals surface area contributed by atoms with Crippen molar-refractivity contribution in [2.45, 2.75) is 39.8 Å². The van der Waals surface area contributed by atoms with Gasteiger partial charge in [-0.1, -0.05) is 12.1 Å². The molecule has 1 heterocycles. The van der Waals surface area contributed by atoms with Crippen molar-refractivity contribution in [1.82, 2.24) is 10.6 Å². The van der Waals surface area contributed by atoms with Crippen LogP contribution in [0.3, 0.4) is 0 Å². The third-order valence-electron chi connectivity index (χ3n) is 3.36. The van der Waals surface area contributed by atoms with Crippen LogP contribution in [0.25, 0.3) is 0 Å². The van der Waals surface area contributed by atoms with E-state index >= 15 is 0 Å². The van der Waals surface area contributed by atoms with Crippen molar-refractivity contribution < 1.29 is 19.1 Å². The topological polar surface area (TPSA) is 76.7 Å². The molecule has 0 saturated heterocycles. The molecule has 2 amide bonds. The van der Waals surface area contributed by atoms with Gasteiger partial charge in [0, 0.05) is 5.70 Å². The molecule has 2 N–H and O–H groups in total. The van der Waals surface area contributed by atoms with E-state index in [9.17, 15) is 9.59 Å². The van der Waals surface area contributed by atoms with Gasteiger partial charge in [0.05, 0.1) is 24.3 Å². The fraction of sp³-hybridized carbons (Fsp3) is 0.412. The minimum atomic E-state index is -0.550. The van der Waals surface area contributed by atoms with Crippen LogP contribution in [0.4, 0.5) is 4.79 Å². The van der Waals surface area contributed by atoms with Gasteiger partial charge in [-0.15, -0.1) is 0 Å². The normalized spacial score (nSPS) is 17.6. The van der Waals surface area contributed by atoms with E-state index in [0.717, 1.165) is 11.3 Å². The number of esters is 1. The van der Waals surface area contributed by atoms with Crippen molar-refractivity contribution in [2.24, 2.45) is 0 Å². The van der Waals surface area contributed by atoms with Gasteiger partial charge in [0.25, 0.3) is 0 Å². The number of benzene rings is 1. The maximum atomic E-state index is 12.4. The SMILES string of the molecule is CCOc1ccc([C@@H]2NC(=O)NC(C)=C2C(=O)OC(C)C)cc1. The molecular weight excluding hydrogens is 296 g/mol. The summed E-state index contributed by atoms with van der Waals surface area (Å²) in [5.74, 6) is 0.299. The Kier molecular flexibility index (Phi) is 5.26. The highest BCUT2D eigenvalue weighted by molar-refractivity contribution is 5.95. The quantitative estimate of drug-likeness (QED) is 0.818. The molecule has 2 rings (SSSR count). The number of carbonyl (C=O) groups is 2. The lowest BCUT2D eigenvalue weighted by Gasteiger charge is -2.28. The molecule has 1 aromatic rings. The lowest BCUT2D eigenvalue weighted by molar-refractivity contribution is -0.143. The molecule has 0 saturated carbocycles. The van der Waals surface area contributed by atoms with E-state index in [1.807, 2.05) is 31.2 Å². The van der Waals surface area contributed by atoms with E-state index in [1.54, 1.807) is 20.8 Å². The molecule has 0 radical (unpaired) electrons.